The summed E-state index contributed by atoms with van der Waals surface area (Å²) in [6, 6.07) is 1.59. The average molecular weight is 278 g/mol. The summed E-state index contributed by atoms with van der Waals surface area (Å²) in [5.74, 6) is -0.536. The summed E-state index contributed by atoms with van der Waals surface area (Å²) in [6.45, 7) is 3.71. The summed E-state index contributed by atoms with van der Waals surface area (Å²) >= 11 is 1.18. The Balaban J connectivity index is 3.04. The lowest BCUT2D eigenvalue weighted by Gasteiger charge is -2.06. The monoisotopic (exact) mass is 278 g/mol. The molecule has 0 aliphatic heterocycles. The van der Waals surface area contributed by atoms with Crippen LogP contribution in [0.15, 0.2) is 6.07 Å². The molecule has 0 bridgehead atoms. The Hall–Kier alpha value is -1.12. The molecule has 96 valence electrons. The van der Waals surface area contributed by atoms with Crippen molar-refractivity contribution in [1.29, 1.82) is 0 Å². The van der Waals surface area contributed by atoms with Crippen LogP contribution in [0.5, 0.6) is 0 Å². The number of thiophene rings is 1. The number of carbonyl (C=O) groups excluding carboxylic acids is 1. The molecule has 8 heteroatoms. The van der Waals surface area contributed by atoms with Crippen LogP contribution in [0.2, 0.25) is 0 Å². The van der Waals surface area contributed by atoms with Crippen molar-refractivity contribution in [3.05, 3.63) is 16.5 Å². The summed E-state index contributed by atoms with van der Waals surface area (Å²) in [6.07, 6.45) is 0. The molecule has 0 aliphatic carbocycles. The first-order valence-electron chi connectivity index (χ1n) is 4.88. The van der Waals surface area contributed by atoms with Crippen LogP contribution in [0.1, 0.15) is 22.2 Å². The SMILES string of the molecule is CCOC(=O)c1cc(C)sc1NS(=O)(=O)NC. The Labute approximate surface area is 104 Å². The molecule has 1 aromatic rings. The van der Waals surface area contributed by atoms with E-state index in [2.05, 4.69) is 9.44 Å². The van der Waals surface area contributed by atoms with Gasteiger partial charge in [0.2, 0.25) is 0 Å². The van der Waals surface area contributed by atoms with Crippen LogP contribution in [0, 0.1) is 6.92 Å². The second-order valence-electron chi connectivity index (χ2n) is 3.13. The number of hydrogen-bond donors (Lipinski definition) is 2. The first-order chi connectivity index (χ1) is 7.89. The van der Waals surface area contributed by atoms with Crippen molar-refractivity contribution in [1.82, 2.24) is 4.72 Å². The van der Waals surface area contributed by atoms with Crippen LogP contribution < -0.4 is 9.44 Å². The molecule has 0 saturated carbocycles. The molecule has 0 spiro atoms. The van der Waals surface area contributed by atoms with E-state index in [9.17, 15) is 13.2 Å². The molecule has 0 fully saturated rings. The topological polar surface area (TPSA) is 84.5 Å². The van der Waals surface area contributed by atoms with Gasteiger partial charge in [-0.1, -0.05) is 0 Å². The predicted octanol–water partition coefficient (Wildman–Crippen LogP) is 1.11. The molecule has 6 nitrogen and oxygen atoms in total. The molecule has 1 heterocycles. The molecule has 1 aromatic heterocycles. The third kappa shape index (κ3) is 3.69. The fourth-order valence-corrected chi connectivity index (χ4v) is 2.83. The van der Waals surface area contributed by atoms with Gasteiger partial charge in [0.1, 0.15) is 5.00 Å². The molecule has 0 aromatic carbocycles. The van der Waals surface area contributed by atoms with Gasteiger partial charge < -0.3 is 4.74 Å². The van der Waals surface area contributed by atoms with Gasteiger partial charge in [-0.3, -0.25) is 4.72 Å². The minimum Gasteiger partial charge on any atom is -0.462 e. The highest BCUT2D eigenvalue weighted by atomic mass is 32.2. The predicted molar refractivity (Wildman–Crippen MR) is 66.6 cm³/mol. The molecule has 0 atom stereocenters. The van der Waals surface area contributed by atoms with E-state index < -0.39 is 16.2 Å². The molecule has 0 amide bonds. The minimum atomic E-state index is -3.63. The van der Waals surface area contributed by atoms with E-state index in [-0.39, 0.29) is 17.2 Å². The van der Waals surface area contributed by atoms with Gasteiger partial charge in [-0.15, -0.1) is 11.3 Å². The van der Waals surface area contributed by atoms with Crippen LogP contribution in [0.3, 0.4) is 0 Å². The lowest BCUT2D eigenvalue weighted by atomic mass is 10.3. The fourth-order valence-electron chi connectivity index (χ4n) is 1.12. The van der Waals surface area contributed by atoms with Gasteiger partial charge in [0.25, 0.3) is 10.2 Å². The maximum absolute atomic E-state index is 11.6. The normalized spacial score (nSPS) is 11.2. The average Bonchev–Trinajstić information content (AvgIpc) is 2.59. The van der Waals surface area contributed by atoms with Gasteiger partial charge >= 0.3 is 5.97 Å². The molecule has 1 rings (SSSR count). The molecular weight excluding hydrogens is 264 g/mol. The summed E-state index contributed by atoms with van der Waals surface area (Å²) in [7, 11) is -2.34. The van der Waals surface area contributed by atoms with Crippen molar-refractivity contribution >= 4 is 32.5 Å². The molecule has 0 unspecified atom stereocenters. The summed E-state index contributed by atoms with van der Waals surface area (Å²) in [5.41, 5.74) is 0.230. The number of nitrogens with one attached hydrogen (secondary N) is 2. The maximum atomic E-state index is 11.6. The quantitative estimate of drug-likeness (QED) is 0.790. The van der Waals surface area contributed by atoms with Crippen LogP contribution in [-0.2, 0) is 14.9 Å². The molecule has 0 saturated heterocycles. The highest BCUT2D eigenvalue weighted by Gasteiger charge is 2.19. The molecule has 0 aliphatic rings. The standard InChI is InChI=1S/C9H14N2O4S2/c1-4-15-9(12)7-5-6(2)16-8(7)11-17(13,14)10-3/h5,10-11H,4H2,1-3H3. The van der Waals surface area contributed by atoms with Gasteiger partial charge in [0.15, 0.2) is 0 Å². The number of aryl methyl sites for hydroxylation is 1. The van der Waals surface area contributed by atoms with Gasteiger partial charge in [-0.25, -0.2) is 9.52 Å². The van der Waals surface area contributed by atoms with Crippen molar-refractivity contribution in [3.8, 4) is 0 Å². The van der Waals surface area contributed by atoms with Crippen molar-refractivity contribution in [2.45, 2.75) is 13.8 Å². The largest absolute Gasteiger partial charge is 0.462 e. The van der Waals surface area contributed by atoms with E-state index in [1.54, 1.807) is 19.9 Å². The van der Waals surface area contributed by atoms with Crippen LogP contribution in [0.25, 0.3) is 0 Å². The molecule has 2 N–H and O–H groups in total. The summed E-state index contributed by atoms with van der Waals surface area (Å²) in [4.78, 5) is 12.4. The van der Waals surface area contributed by atoms with Crippen LogP contribution in [0.4, 0.5) is 5.00 Å². The third-order valence-electron chi connectivity index (χ3n) is 1.85. The van der Waals surface area contributed by atoms with Crippen molar-refractivity contribution in [2.75, 3.05) is 18.4 Å². The third-order valence-corrected chi connectivity index (χ3v) is 3.95. The Morgan fingerprint density at radius 3 is 2.71 bits per heavy atom. The minimum absolute atomic E-state index is 0.230. The van der Waals surface area contributed by atoms with Gasteiger partial charge in [-0.2, -0.15) is 8.42 Å². The van der Waals surface area contributed by atoms with E-state index in [1.807, 2.05) is 0 Å². The smallest absolute Gasteiger partial charge is 0.341 e. The van der Waals surface area contributed by atoms with E-state index in [0.717, 1.165) is 4.88 Å². The Morgan fingerprint density at radius 1 is 1.53 bits per heavy atom. The number of esters is 1. The van der Waals surface area contributed by atoms with Gasteiger partial charge in [0.05, 0.1) is 12.2 Å². The first-order valence-corrected chi connectivity index (χ1v) is 7.18. The summed E-state index contributed by atoms with van der Waals surface area (Å²) in [5, 5.41) is 0.260. The zero-order valence-electron chi connectivity index (χ0n) is 9.73. The fraction of sp³-hybridized carbons (Fsp3) is 0.444. The lowest BCUT2D eigenvalue weighted by Crippen LogP contribution is -2.26. The Bertz CT molecular complexity index is 507. The van der Waals surface area contributed by atoms with Gasteiger partial charge in [0, 0.05) is 11.9 Å². The number of anilines is 1. The van der Waals surface area contributed by atoms with Gasteiger partial charge in [-0.05, 0) is 19.9 Å². The maximum Gasteiger partial charge on any atom is 0.341 e. The number of rotatable bonds is 5. The Morgan fingerprint density at radius 2 is 2.18 bits per heavy atom. The first kappa shape index (κ1) is 13.9. The number of ether oxygens (including phenoxy) is 1. The molecule has 0 radical (unpaired) electrons. The second kappa shape index (κ2) is 5.48. The Kier molecular flexibility index (Phi) is 4.49. The van der Waals surface area contributed by atoms with Crippen molar-refractivity contribution in [2.24, 2.45) is 0 Å². The zero-order valence-corrected chi connectivity index (χ0v) is 11.4. The van der Waals surface area contributed by atoms with Crippen molar-refractivity contribution in [3.63, 3.8) is 0 Å². The molecule has 17 heavy (non-hydrogen) atoms. The summed E-state index contributed by atoms with van der Waals surface area (Å²) < 4.78 is 31.9. The van der Waals surface area contributed by atoms with Crippen LogP contribution in [-0.4, -0.2) is 28.0 Å². The number of carbonyl (C=O) groups is 1. The zero-order chi connectivity index (χ0) is 13.1. The highest BCUT2D eigenvalue weighted by molar-refractivity contribution is 7.91. The number of hydrogen-bond acceptors (Lipinski definition) is 5. The van der Waals surface area contributed by atoms with Crippen molar-refractivity contribution < 1.29 is 17.9 Å². The van der Waals surface area contributed by atoms with E-state index in [0.29, 0.717) is 0 Å². The lowest BCUT2D eigenvalue weighted by molar-refractivity contribution is 0.0528. The molecular formula is C9H14N2O4S2. The van der Waals surface area contributed by atoms with E-state index >= 15 is 0 Å². The van der Waals surface area contributed by atoms with E-state index in [4.69, 9.17) is 4.74 Å². The van der Waals surface area contributed by atoms with E-state index in [1.165, 1.54) is 18.4 Å². The highest BCUT2D eigenvalue weighted by Crippen LogP contribution is 2.28. The second-order valence-corrected chi connectivity index (χ2v) is 6.01. The van der Waals surface area contributed by atoms with Crippen LogP contribution >= 0.6 is 11.3 Å².